The van der Waals surface area contributed by atoms with Crippen molar-refractivity contribution in [1.82, 2.24) is 15.0 Å². The summed E-state index contributed by atoms with van der Waals surface area (Å²) in [6.45, 7) is 0. The molecule has 0 bridgehead atoms. The molecule has 2 rings (SSSR count). The van der Waals surface area contributed by atoms with Crippen LogP contribution in [0.3, 0.4) is 0 Å². The largest absolute Gasteiger partial charge is 0.496 e. The molecule has 0 atom stereocenters. The van der Waals surface area contributed by atoms with E-state index in [9.17, 15) is 0 Å². The molecule has 5 heteroatoms. The molecular formula is C10H10N4O. The first-order chi connectivity index (χ1) is 7.31. The monoisotopic (exact) mass is 202 g/mol. The maximum atomic E-state index is 5.48. The quantitative estimate of drug-likeness (QED) is 0.790. The fourth-order valence-electron chi connectivity index (χ4n) is 1.27. The van der Waals surface area contributed by atoms with Gasteiger partial charge in [-0.3, -0.25) is 0 Å². The number of rotatable bonds is 2. The predicted molar refractivity (Wildman–Crippen MR) is 56.2 cm³/mol. The van der Waals surface area contributed by atoms with Crippen LogP contribution < -0.4 is 10.5 Å². The zero-order valence-electron chi connectivity index (χ0n) is 8.21. The molecule has 15 heavy (non-hydrogen) atoms. The second-order valence-electron chi connectivity index (χ2n) is 2.87. The first kappa shape index (κ1) is 9.39. The average Bonchev–Trinajstić information content (AvgIpc) is 2.29. The van der Waals surface area contributed by atoms with E-state index in [0.717, 1.165) is 5.56 Å². The number of nitrogens with zero attached hydrogens (tertiary/aromatic N) is 3. The Morgan fingerprint density at radius 1 is 1.20 bits per heavy atom. The van der Waals surface area contributed by atoms with Crippen LogP contribution in [0.25, 0.3) is 11.4 Å². The molecule has 2 N–H and O–H groups in total. The highest BCUT2D eigenvalue weighted by molar-refractivity contribution is 5.64. The Kier molecular flexibility index (Phi) is 2.45. The third kappa shape index (κ3) is 1.85. The lowest BCUT2D eigenvalue weighted by molar-refractivity contribution is 0.416. The molecule has 0 aliphatic rings. The van der Waals surface area contributed by atoms with Crippen molar-refractivity contribution >= 4 is 5.95 Å². The topological polar surface area (TPSA) is 73.9 Å². The van der Waals surface area contributed by atoms with Crippen LogP contribution in [0.4, 0.5) is 5.95 Å². The van der Waals surface area contributed by atoms with Gasteiger partial charge in [-0.25, -0.2) is 9.97 Å². The van der Waals surface area contributed by atoms with E-state index in [1.54, 1.807) is 7.11 Å². The number of ether oxygens (including phenoxy) is 1. The van der Waals surface area contributed by atoms with E-state index < -0.39 is 0 Å². The van der Waals surface area contributed by atoms with Gasteiger partial charge >= 0.3 is 0 Å². The van der Waals surface area contributed by atoms with E-state index >= 15 is 0 Å². The maximum absolute atomic E-state index is 5.48. The summed E-state index contributed by atoms with van der Waals surface area (Å²) in [6, 6.07) is 7.48. The van der Waals surface area contributed by atoms with E-state index in [1.807, 2.05) is 24.3 Å². The smallest absolute Gasteiger partial charge is 0.223 e. The highest BCUT2D eigenvalue weighted by atomic mass is 16.5. The van der Waals surface area contributed by atoms with Crippen LogP contribution in [-0.4, -0.2) is 22.1 Å². The standard InChI is InChI=1S/C10H10N4O/c1-15-8-5-3-2-4-7(8)9-12-6-13-10(11)14-9/h2-6H,1H3,(H2,11,12,13,14). The van der Waals surface area contributed by atoms with Crippen molar-refractivity contribution < 1.29 is 4.74 Å². The molecule has 0 saturated carbocycles. The Morgan fingerprint density at radius 3 is 2.73 bits per heavy atom. The minimum absolute atomic E-state index is 0.200. The van der Waals surface area contributed by atoms with Gasteiger partial charge in [-0.1, -0.05) is 12.1 Å². The molecule has 1 heterocycles. The van der Waals surface area contributed by atoms with Gasteiger partial charge in [0.15, 0.2) is 5.82 Å². The number of nitrogens with two attached hydrogens (primary N) is 1. The minimum Gasteiger partial charge on any atom is -0.496 e. The molecule has 1 aromatic carbocycles. The van der Waals surface area contributed by atoms with E-state index in [1.165, 1.54) is 6.33 Å². The molecule has 0 saturated heterocycles. The number of hydrogen-bond donors (Lipinski definition) is 1. The highest BCUT2D eigenvalue weighted by Crippen LogP contribution is 2.26. The van der Waals surface area contributed by atoms with Crippen LogP contribution >= 0.6 is 0 Å². The number of benzene rings is 1. The molecule has 5 nitrogen and oxygen atoms in total. The highest BCUT2D eigenvalue weighted by Gasteiger charge is 2.07. The minimum atomic E-state index is 0.200. The van der Waals surface area contributed by atoms with Crippen molar-refractivity contribution in [2.45, 2.75) is 0 Å². The molecule has 0 radical (unpaired) electrons. The lowest BCUT2D eigenvalue weighted by Gasteiger charge is -2.06. The van der Waals surface area contributed by atoms with Crippen LogP contribution in [0.2, 0.25) is 0 Å². The number of nitrogen functional groups attached to an aromatic ring is 1. The van der Waals surface area contributed by atoms with Crippen molar-refractivity contribution in [3.8, 4) is 17.1 Å². The van der Waals surface area contributed by atoms with Gasteiger partial charge < -0.3 is 10.5 Å². The third-order valence-corrected chi connectivity index (χ3v) is 1.94. The molecule has 2 aromatic rings. The van der Waals surface area contributed by atoms with Crippen molar-refractivity contribution in [3.05, 3.63) is 30.6 Å². The van der Waals surface area contributed by atoms with E-state index in [4.69, 9.17) is 10.5 Å². The van der Waals surface area contributed by atoms with Gasteiger partial charge in [0.2, 0.25) is 5.95 Å². The fraction of sp³-hybridized carbons (Fsp3) is 0.100. The number of para-hydroxylation sites is 1. The number of hydrogen-bond acceptors (Lipinski definition) is 5. The van der Waals surface area contributed by atoms with Gasteiger partial charge in [0.05, 0.1) is 12.7 Å². The van der Waals surface area contributed by atoms with Crippen LogP contribution in [0, 0.1) is 0 Å². The summed E-state index contributed by atoms with van der Waals surface area (Å²) in [5, 5.41) is 0. The Balaban J connectivity index is 2.53. The van der Waals surface area contributed by atoms with Gasteiger partial charge in [-0.2, -0.15) is 4.98 Å². The number of anilines is 1. The Bertz CT molecular complexity index is 472. The molecule has 0 unspecified atom stereocenters. The van der Waals surface area contributed by atoms with E-state index in [2.05, 4.69) is 15.0 Å². The molecule has 0 fully saturated rings. The first-order valence-corrected chi connectivity index (χ1v) is 4.39. The van der Waals surface area contributed by atoms with Crippen molar-refractivity contribution in [2.24, 2.45) is 0 Å². The predicted octanol–water partition coefficient (Wildman–Crippen LogP) is 1.13. The fourth-order valence-corrected chi connectivity index (χ4v) is 1.27. The Labute approximate surface area is 87.0 Å². The van der Waals surface area contributed by atoms with Gasteiger partial charge in [0.25, 0.3) is 0 Å². The summed E-state index contributed by atoms with van der Waals surface area (Å²) in [5.74, 6) is 1.42. The molecule has 0 aliphatic carbocycles. The zero-order valence-corrected chi connectivity index (χ0v) is 8.21. The molecule has 1 aromatic heterocycles. The van der Waals surface area contributed by atoms with E-state index in [-0.39, 0.29) is 5.95 Å². The van der Waals surface area contributed by atoms with Crippen LogP contribution in [0.15, 0.2) is 30.6 Å². The second-order valence-corrected chi connectivity index (χ2v) is 2.87. The molecule has 0 spiro atoms. The van der Waals surface area contributed by atoms with Crippen LogP contribution in [-0.2, 0) is 0 Å². The van der Waals surface area contributed by atoms with Crippen molar-refractivity contribution in [3.63, 3.8) is 0 Å². The Hall–Kier alpha value is -2.17. The number of methoxy groups -OCH3 is 1. The second kappa shape index (κ2) is 3.91. The normalized spacial score (nSPS) is 9.93. The van der Waals surface area contributed by atoms with Gasteiger partial charge in [0.1, 0.15) is 12.1 Å². The summed E-state index contributed by atoms with van der Waals surface area (Å²) < 4.78 is 5.20. The summed E-state index contributed by atoms with van der Waals surface area (Å²) in [4.78, 5) is 11.8. The van der Waals surface area contributed by atoms with Gasteiger partial charge in [-0.15, -0.1) is 0 Å². The van der Waals surface area contributed by atoms with Gasteiger partial charge in [0, 0.05) is 0 Å². The molecular weight excluding hydrogens is 192 g/mol. The lowest BCUT2D eigenvalue weighted by Crippen LogP contribution is -1.99. The maximum Gasteiger partial charge on any atom is 0.223 e. The first-order valence-electron chi connectivity index (χ1n) is 4.39. The number of aromatic nitrogens is 3. The Morgan fingerprint density at radius 2 is 2.00 bits per heavy atom. The van der Waals surface area contributed by atoms with E-state index in [0.29, 0.717) is 11.6 Å². The summed E-state index contributed by atoms with van der Waals surface area (Å²) in [6.07, 6.45) is 1.38. The average molecular weight is 202 g/mol. The van der Waals surface area contributed by atoms with Crippen LogP contribution in [0.1, 0.15) is 0 Å². The van der Waals surface area contributed by atoms with Crippen molar-refractivity contribution in [2.75, 3.05) is 12.8 Å². The van der Waals surface area contributed by atoms with Gasteiger partial charge in [-0.05, 0) is 12.1 Å². The summed E-state index contributed by atoms with van der Waals surface area (Å²) in [5.41, 5.74) is 6.28. The lowest BCUT2D eigenvalue weighted by atomic mass is 10.2. The summed E-state index contributed by atoms with van der Waals surface area (Å²) >= 11 is 0. The molecule has 0 amide bonds. The van der Waals surface area contributed by atoms with Crippen molar-refractivity contribution in [1.29, 1.82) is 0 Å². The zero-order chi connectivity index (χ0) is 10.7. The van der Waals surface area contributed by atoms with Crippen LogP contribution in [0.5, 0.6) is 5.75 Å². The summed E-state index contributed by atoms with van der Waals surface area (Å²) in [7, 11) is 1.60. The SMILES string of the molecule is COc1ccccc1-c1ncnc(N)n1. The third-order valence-electron chi connectivity index (χ3n) is 1.94. The molecule has 76 valence electrons. The molecule has 0 aliphatic heterocycles.